The summed E-state index contributed by atoms with van der Waals surface area (Å²) in [6, 6.07) is 22.7. The van der Waals surface area contributed by atoms with Crippen LogP contribution in [0, 0.1) is 0 Å². The zero-order chi connectivity index (χ0) is 17.6. The fraction of sp³-hybridized carbons (Fsp3) is 0.261. The first kappa shape index (κ1) is 15.4. The zero-order valence-corrected chi connectivity index (χ0v) is 14.6. The van der Waals surface area contributed by atoms with Gasteiger partial charge in [-0.15, -0.1) is 0 Å². The quantitative estimate of drug-likeness (QED) is 0.589. The fourth-order valence-electron chi connectivity index (χ4n) is 4.66. The maximum absolute atomic E-state index is 13.6. The molecule has 1 aliphatic carbocycles. The van der Waals surface area contributed by atoms with E-state index in [0.29, 0.717) is 6.54 Å². The third kappa shape index (κ3) is 2.16. The molecule has 0 N–H and O–H groups in total. The SMILES string of the molecule is O=C1c2ccccc2CCCC12N=NC[C@H]2c1cccc2ccccc12. The standard InChI is InChI=1S/C23H20N2O/c26-22-19-12-4-2-8-17(19)10-6-14-23(22)21(15-24-25-23)20-13-5-9-16-7-1-3-11-18(16)20/h1-5,7-9,11-13,21H,6,10,14-15H2/t21-,23?/m0/s1. The first-order valence-electron chi connectivity index (χ1n) is 9.29. The van der Waals surface area contributed by atoms with Crippen molar-refractivity contribution in [2.24, 2.45) is 10.2 Å². The minimum Gasteiger partial charge on any atom is -0.291 e. The Labute approximate surface area is 152 Å². The molecule has 3 aromatic rings. The summed E-state index contributed by atoms with van der Waals surface area (Å²) in [4.78, 5) is 13.6. The van der Waals surface area contributed by atoms with Crippen molar-refractivity contribution in [3.8, 4) is 0 Å². The smallest absolute Gasteiger partial charge is 0.193 e. The van der Waals surface area contributed by atoms with Crippen LogP contribution >= 0.6 is 0 Å². The van der Waals surface area contributed by atoms with Gasteiger partial charge in [-0.05, 0) is 41.2 Å². The van der Waals surface area contributed by atoms with Crippen molar-refractivity contribution in [1.82, 2.24) is 0 Å². The lowest BCUT2D eigenvalue weighted by Gasteiger charge is -2.30. The molecule has 0 aromatic heterocycles. The molecular formula is C23H20N2O. The number of azo groups is 1. The average molecular weight is 340 g/mol. The van der Waals surface area contributed by atoms with Crippen molar-refractivity contribution in [2.75, 3.05) is 6.54 Å². The predicted molar refractivity (Wildman–Crippen MR) is 103 cm³/mol. The number of nitrogens with zero attached hydrogens (tertiary/aromatic N) is 2. The van der Waals surface area contributed by atoms with Gasteiger partial charge in [0.1, 0.15) is 0 Å². The van der Waals surface area contributed by atoms with Gasteiger partial charge in [0.05, 0.1) is 6.54 Å². The van der Waals surface area contributed by atoms with E-state index in [0.717, 1.165) is 30.4 Å². The lowest BCUT2D eigenvalue weighted by Crippen LogP contribution is -2.41. The minimum atomic E-state index is -0.753. The van der Waals surface area contributed by atoms with E-state index in [-0.39, 0.29) is 11.7 Å². The van der Waals surface area contributed by atoms with Gasteiger partial charge in [0.25, 0.3) is 0 Å². The summed E-state index contributed by atoms with van der Waals surface area (Å²) in [6.07, 6.45) is 2.66. The Morgan fingerprint density at radius 1 is 0.923 bits per heavy atom. The maximum Gasteiger partial charge on any atom is 0.193 e. The normalized spacial score (nSPS) is 24.8. The fourth-order valence-corrected chi connectivity index (χ4v) is 4.66. The van der Waals surface area contributed by atoms with E-state index in [9.17, 15) is 4.79 Å². The number of rotatable bonds is 1. The van der Waals surface area contributed by atoms with E-state index in [1.54, 1.807) is 0 Å². The molecule has 3 aromatic carbocycles. The second kappa shape index (κ2) is 5.87. The highest BCUT2D eigenvalue weighted by Gasteiger charge is 2.51. The van der Waals surface area contributed by atoms with Crippen LogP contribution in [0.3, 0.4) is 0 Å². The molecule has 0 saturated heterocycles. The van der Waals surface area contributed by atoms with Crippen molar-refractivity contribution in [3.05, 3.63) is 83.4 Å². The molecule has 1 spiro atoms. The van der Waals surface area contributed by atoms with E-state index in [4.69, 9.17) is 0 Å². The number of hydrogen-bond donors (Lipinski definition) is 0. The van der Waals surface area contributed by atoms with Crippen LogP contribution in [0.2, 0.25) is 0 Å². The molecule has 1 aliphatic heterocycles. The van der Waals surface area contributed by atoms with Gasteiger partial charge < -0.3 is 0 Å². The first-order valence-corrected chi connectivity index (χ1v) is 9.29. The van der Waals surface area contributed by atoms with Crippen LogP contribution in [0.25, 0.3) is 10.8 Å². The monoisotopic (exact) mass is 340 g/mol. The summed E-state index contributed by atoms with van der Waals surface area (Å²) in [7, 11) is 0. The van der Waals surface area contributed by atoms with Gasteiger partial charge >= 0.3 is 0 Å². The van der Waals surface area contributed by atoms with Gasteiger partial charge in [-0.3, -0.25) is 4.79 Å². The van der Waals surface area contributed by atoms with E-state index in [1.807, 2.05) is 18.2 Å². The Kier molecular flexibility index (Phi) is 3.49. The highest BCUT2D eigenvalue weighted by atomic mass is 16.1. The molecule has 0 saturated carbocycles. The number of ketones is 1. The zero-order valence-electron chi connectivity index (χ0n) is 14.6. The molecule has 5 rings (SSSR count). The van der Waals surface area contributed by atoms with E-state index in [2.05, 4.69) is 58.8 Å². The van der Waals surface area contributed by atoms with Crippen LogP contribution in [0.4, 0.5) is 0 Å². The Balaban J connectivity index is 1.68. The number of Topliss-reactive ketones (excluding diaryl/α,β-unsaturated/α-hetero) is 1. The van der Waals surface area contributed by atoms with Gasteiger partial charge in [0.2, 0.25) is 0 Å². The highest BCUT2D eigenvalue weighted by molar-refractivity contribution is 6.06. The lowest BCUT2D eigenvalue weighted by molar-refractivity contribution is 0.0870. The van der Waals surface area contributed by atoms with Crippen molar-refractivity contribution in [3.63, 3.8) is 0 Å². The second-order valence-electron chi connectivity index (χ2n) is 7.31. The van der Waals surface area contributed by atoms with E-state index < -0.39 is 5.54 Å². The number of hydrogen-bond acceptors (Lipinski definition) is 3. The predicted octanol–water partition coefficient (Wildman–Crippen LogP) is 5.35. The van der Waals surface area contributed by atoms with Crippen LogP contribution in [-0.2, 0) is 6.42 Å². The number of benzene rings is 3. The Hall–Kier alpha value is -2.81. The topological polar surface area (TPSA) is 41.8 Å². The number of carbonyl (C=O) groups is 1. The molecule has 0 bridgehead atoms. The van der Waals surface area contributed by atoms with Crippen LogP contribution in [0.1, 0.15) is 40.2 Å². The lowest BCUT2D eigenvalue weighted by atomic mass is 9.73. The highest BCUT2D eigenvalue weighted by Crippen LogP contribution is 2.46. The van der Waals surface area contributed by atoms with Crippen molar-refractivity contribution in [1.29, 1.82) is 0 Å². The summed E-state index contributed by atoms with van der Waals surface area (Å²) >= 11 is 0. The summed E-state index contributed by atoms with van der Waals surface area (Å²) in [5.74, 6) is 0.150. The van der Waals surface area contributed by atoms with Crippen molar-refractivity contribution >= 4 is 16.6 Å². The molecular weight excluding hydrogens is 320 g/mol. The van der Waals surface area contributed by atoms with Crippen LogP contribution < -0.4 is 0 Å². The molecule has 2 atom stereocenters. The third-order valence-electron chi connectivity index (χ3n) is 5.95. The molecule has 1 heterocycles. The summed E-state index contributed by atoms with van der Waals surface area (Å²) in [5.41, 5.74) is 2.42. The van der Waals surface area contributed by atoms with Gasteiger partial charge in [0, 0.05) is 11.5 Å². The van der Waals surface area contributed by atoms with Crippen LogP contribution in [-0.4, -0.2) is 17.9 Å². The van der Waals surface area contributed by atoms with Crippen molar-refractivity contribution < 1.29 is 4.79 Å². The molecule has 0 amide bonds. The van der Waals surface area contributed by atoms with Gasteiger partial charge in [0.15, 0.2) is 11.3 Å². The molecule has 128 valence electrons. The Bertz CT molecular complexity index is 1030. The van der Waals surface area contributed by atoms with Crippen LogP contribution in [0.5, 0.6) is 0 Å². The number of fused-ring (bicyclic) bond motifs is 2. The van der Waals surface area contributed by atoms with Crippen molar-refractivity contribution in [2.45, 2.75) is 30.7 Å². The first-order chi connectivity index (χ1) is 12.8. The second-order valence-corrected chi connectivity index (χ2v) is 7.31. The largest absolute Gasteiger partial charge is 0.291 e. The molecule has 3 nitrogen and oxygen atoms in total. The Morgan fingerprint density at radius 3 is 2.69 bits per heavy atom. The molecule has 0 fully saturated rings. The third-order valence-corrected chi connectivity index (χ3v) is 5.95. The van der Waals surface area contributed by atoms with Gasteiger partial charge in [-0.25, -0.2) is 0 Å². The summed E-state index contributed by atoms with van der Waals surface area (Å²) < 4.78 is 0. The molecule has 0 radical (unpaired) electrons. The van der Waals surface area contributed by atoms with E-state index in [1.165, 1.54) is 16.3 Å². The summed E-state index contributed by atoms with van der Waals surface area (Å²) in [6.45, 7) is 0.585. The maximum atomic E-state index is 13.6. The molecule has 1 unspecified atom stereocenters. The molecule has 3 heteroatoms. The van der Waals surface area contributed by atoms with E-state index >= 15 is 0 Å². The average Bonchev–Trinajstić information content (AvgIpc) is 3.06. The molecule has 2 aliphatic rings. The van der Waals surface area contributed by atoms with Gasteiger partial charge in [-0.1, -0.05) is 66.7 Å². The molecule has 26 heavy (non-hydrogen) atoms. The number of carbonyl (C=O) groups excluding carboxylic acids is 1. The number of aryl methyl sites for hydroxylation is 1. The summed E-state index contributed by atoms with van der Waals surface area (Å²) in [5, 5.41) is 11.4. The minimum absolute atomic E-state index is 0.00672. The van der Waals surface area contributed by atoms with Crippen LogP contribution in [0.15, 0.2) is 77.0 Å². The van der Waals surface area contributed by atoms with Gasteiger partial charge in [-0.2, -0.15) is 10.2 Å². The Morgan fingerprint density at radius 2 is 1.73 bits per heavy atom.